The molecule has 2 aromatic heterocycles. The summed E-state index contributed by atoms with van der Waals surface area (Å²) >= 11 is 0. The van der Waals surface area contributed by atoms with E-state index in [1.54, 1.807) is 24.3 Å². The second kappa shape index (κ2) is 21.0. The van der Waals surface area contributed by atoms with Crippen LogP contribution in [0, 0.1) is 0 Å². The monoisotopic (exact) mass is 883 g/mol. The van der Waals surface area contributed by atoms with E-state index in [2.05, 4.69) is 19.4 Å². The zero-order valence-corrected chi connectivity index (χ0v) is 34.1. The number of nitrogens with zero attached hydrogens (tertiary/aromatic N) is 3. The number of benzene rings is 1. The highest BCUT2D eigenvalue weighted by molar-refractivity contribution is 7.62. The topological polar surface area (TPSA) is 307 Å². The maximum absolute atomic E-state index is 14.0. The fourth-order valence-electron chi connectivity index (χ4n) is 4.72. The van der Waals surface area contributed by atoms with Gasteiger partial charge in [0.2, 0.25) is 20.4 Å². The van der Waals surface area contributed by atoms with E-state index in [9.17, 15) is 43.3 Å². The van der Waals surface area contributed by atoms with Gasteiger partial charge in [-0.1, -0.05) is 17.3 Å². The molecule has 0 amide bonds. The lowest BCUT2D eigenvalue weighted by atomic mass is 10.1. The zero-order chi connectivity index (χ0) is 43.5. The van der Waals surface area contributed by atoms with Gasteiger partial charge in [-0.05, 0) is 53.7 Å². The largest absolute Gasteiger partial charge is 0.510 e. The lowest BCUT2D eigenvalue weighted by molar-refractivity contribution is -0.0625. The van der Waals surface area contributed by atoms with Crippen molar-refractivity contribution in [2.45, 2.75) is 90.9 Å². The minimum absolute atomic E-state index is 0.239. The summed E-state index contributed by atoms with van der Waals surface area (Å²) in [5.74, 6) is 0. The van der Waals surface area contributed by atoms with Gasteiger partial charge in [-0.3, -0.25) is 18.5 Å². The van der Waals surface area contributed by atoms with Gasteiger partial charge in [-0.15, -0.1) is 0 Å². The van der Waals surface area contributed by atoms with E-state index < -0.39 is 115 Å². The summed E-state index contributed by atoms with van der Waals surface area (Å²) < 4.78 is 93.5. The van der Waals surface area contributed by atoms with E-state index in [-0.39, 0.29) is 12.2 Å². The first-order valence-electron chi connectivity index (χ1n) is 17.5. The zero-order valence-electron chi connectivity index (χ0n) is 32.3. The van der Waals surface area contributed by atoms with Gasteiger partial charge in [0.25, 0.3) is 5.56 Å². The Balaban J connectivity index is 1.55. The van der Waals surface area contributed by atoms with E-state index in [0.717, 1.165) is 21.4 Å². The molecule has 0 radical (unpaired) electrons. The van der Waals surface area contributed by atoms with Crippen LogP contribution >= 0.6 is 15.6 Å². The molecule has 3 aromatic rings. The summed E-state index contributed by atoms with van der Waals surface area (Å²) in [4.78, 5) is 62.1. The molecule has 5 unspecified atom stereocenters. The van der Waals surface area contributed by atoms with Crippen LogP contribution in [0.1, 0.15) is 53.5 Å². The molecule has 5 atom stereocenters. The lowest BCUT2D eigenvalue weighted by Crippen LogP contribution is -2.43. The lowest BCUT2D eigenvalue weighted by Gasteiger charge is -2.24. The Morgan fingerprint density at radius 1 is 0.763 bits per heavy atom. The van der Waals surface area contributed by atoms with Gasteiger partial charge in [0.05, 0.1) is 31.5 Å². The fraction of sp³-hybridized carbons (Fsp3) is 0.562. The van der Waals surface area contributed by atoms with E-state index in [1.807, 2.05) is 0 Å². The van der Waals surface area contributed by atoms with Crippen molar-refractivity contribution in [1.82, 2.24) is 14.3 Å². The number of phosphoric acid groups is 2. The standard InChI is InChI=1S/C32H43N3O22P2/c1-18(2)52-30(40)45-15-49-58(43,57-59(44,50-16-46-31(41)53-19(3)4)51-17-47-32(42)54-20(5)6)48-14-24-26(37)27(38)28(55-24)34-12-11-25(36)35(29(34)39)13-22-21-9-7-8-10-23(21)56-33-22/h7-12,18-20,24,26-28,37-38H,13-17H2,1-6H3. The Morgan fingerprint density at radius 3 is 1.80 bits per heavy atom. The van der Waals surface area contributed by atoms with E-state index in [1.165, 1.54) is 41.5 Å². The number of hydrogen-bond donors (Lipinski definition) is 2. The molecule has 4 rings (SSSR count). The quantitative estimate of drug-likeness (QED) is 0.0707. The molecule has 1 aliphatic heterocycles. The highest BCUT2D eigenvalue weighted by Gasteiger charge is 2.48. The van der Waals surface area contributed by atoms with Crippen molar-refractivity contribution < 1.29 is 93.8 Å². The van der Waals surface area contributed by atoms with Crippen LogP contribution in [-0.4, -0.2) is 107 Å². The number of fused-ring (bicyclic) bond motifs is 1. The van der Waals surface area contributed by atoms with Crippen molar-refractivity contribution in [3.05, 3.63) is 63.1 Å². The molecule has 27 heteroatoms. The van der Waals surface area contributed by atoms with Crippen molar-refractivity contribution in [3.8, 4) is 0 Å². The number of phosphoric ester groups is 2. The first-order valence-corrected chi connectivity index (χ1v) is 20.4. The number of aromatic nitrogens is 3. The number of aliphatic hydroxyl groups excluding tert-OH is 2. The second-order valence-corrected chi connectivity index (χ2v) is 16.3. The van der Waals surface area contributed by atoms with Crippen molar-refractivity contribution >= 4 is 45.1 Å². The predicted molar refractivity (Wildman–Crippen MR) is 192 cm³/mol. The third kappa shape index (κ3) is 13.7. The molecule has 59 heavy (non-hydrogen) atoms. The number of hydrogen-bond acceptors (Lipinski definition) is 23. The van der Waals surface area contributed by atoms with Gasteiger partial charge in [0, 0.05) is 17.6 Å². The van der Waals surface area contributed by atoms with Gasteiger partial charge in [-0.25, -0.2) is 41.9 Å². The normalized spacial score (nSPS) is 19.2. The van der Waals surface area contributed by atoms with Crippen LogP contribution in [0.25, 0.3) is 11.0 Å². The maximum Gasteiger partial charge on any atom is 0.510 e. The molecule has 0 bridgehead atoms. The summed E-state index contributed by atoms with van der Waals surface area (Å²) in [6.07, 6.45) is -12.1. The molecule has 1 saturated heterocycles. The molecule has 0 saturated carbocycles. The number of para-hydroxylation sites is 1. The summed E-state index contributed by atoms with van der Waals surface area (Å²) in [6.45, 7) is 3.74. The van der Waals surface area contributed by atoms with Gasteiger partial charge in [0.15, 0.2) is 11.8 Å². The minimum Gasteiger partial charge on any atom is -0.432 e. The number of rotatable bonds is 20. The molecule has 2 N–H and O–H groups in total. The Bertz CT molecular complexity index is 2080. The Morgan fingerprint density at radius 2 is 1.27 bits per heavy atom. The average Bonchev–Trinajstić information content (AvgIpc) is 3.67. The molecule has 0 aliphatic carbocycles. The number of carbonyl (C=O) groups excluding carboxylic acids is 3. The predicted octanol–water partition coefficient (Wildman–Crippen LogP) is 3.68. The summed E-state index contributed by atoms with van der Waals surface area (Å²) in [5, 5.41) is 26.3. The minimum atomic E-state index is -5.46. The Kier molecular flexibility index (Phi) is 16.7. The second-order valence-electron chi connectivity index (χ2n) is 12.8. The van der Waals surface area contributed by atoms with Crippen LogP contribution in [-0.2, 0) is 71.2 Å². The molecule has 3 heterocycles. The van der Waals surface area contributed by atoms with Gasteiger partial charge in [-0.2, -0.15) is 4.31 Å². The third-order valence-electron chi connectivity index (χ3n) is 7.22. The van der Waals surface area contributed by atoms with Gasteiger partial charge >= 0.3 is 39.8 Å². The van der Waals surface area contributed by atoms with Crippen molar-refractivity contribution in [2.24, 2.45) is 0 Å². The third-order valence-corrected chi connectivity index (χ3v) is 10.6. The molecular formula is C32H43N3O22P2. The Labute approximate surface area is 334 Å². The molecule has 1 aromatic carbocycles. The van der Waals surface area contributed by atoms with E-state index in [0.29, 0.717) is 11.0 Å². The first kappa shape index (κ1) is 47.0. The first-order chi connectivity index (χ1) is 27.8. The molecule has 25 nitrogen and oxygen atoms in total. The molecule has 0 spiro atoms. The Hall–Kier alpha value is -4.68. The molecular weight excluding hydrogens is 840 g/mol. The molecule has 328 valence electrons. The van der Waals surface area contributed by atoms with Crippen molar-refractivity contribution in [2.75, 3.05) is 27.0 Å². The van der Waals surface area contributed by atoms with Gasteiger partial charge in [0.1, 0.15) is 24.0 Å². The van der Waals surface area contributed by atoms with E-state index >= 15 is 0 Å². The van der Waals surface area contributed by atoms with Gasteiger partial charge < -0.3 is 47.9 Å². The maximum atomic E-state index is 14.0. The highest BCUT2D eigenvalue weighted by atomic mass is 31.3. The smallest absolute Gasteiger partial charge is 0.432 e. The number of aliphatic hydroxyl groups is 2. The highest BCUT2D eigenvalue weighted by Crippen LogP contribution is 2.66. The fourth-order valence-corrected chi connectivity index (χ4v) is 7.48. The summed E-state index contributed by atoms with van der Waals surface area (Å²) in [7, 11) is -10.9. The number of ether oxygens (including phenoxy) is 7. The average molecular weight is 884 g/mol. The summed E-state index contributed by atoms with van der Waals surface area (Å²) in [5.41, 5.74) is -1.12. The molecule has 1 aliphatic rings. The van der Waals surface area contributed by atoms with Crippen LogP contribution in [0.3, 0.4) is 0 Å². The number of carbonyl (C=O) groups is 3. The van der Waals surface area contributed by atoms with Crippen LogP contribution < -0.4 is 11.2 Å². The molecule has 1 fully saturated rings. The van der Waals surface area contributed by atoms with Crippen LogP contribution in [0.2, 0.25) is 0 Å². The van der Waals surface area contributed by atoms with Crippen molar-refractivity contribution in [1.29, 1.82) is 0 Å². The van der Waals surface area contributed by atoms with Crippen molar-refractivity contribution in [3.63, 3.8) is 0 Å². The van der Waals surface area contributed by atoms with Crippen LogP contribution in [0.5, 0.6) is 0 Å². The van der Waals surface area contributed by atoms with Crippen LogP contribution in [0.15, 0.2) is 50.6 Å². The van der Waals surface area contributed by atoms with Crippen LogP contribution in [0.4, 0.5) is 14.4 Å². The summed E-state index contributed by atoms with van der Waals surface area (Å²) in [6, 6.07) is 7.69. The van der Waals surface area contributed by atoms with E-state index in [4.69, 9.17) is 45.9 Å². The SMILES string of the molecule is CC(C)OC(=O)OCOP(=O)(OCOC(=O)OC(C)C)OP(=O)(OCOC(=O)OC(C)C)OCC1OC(n2ccc(=O)n(Cc3noc4ccccc34)c2=O)C(O)C1O.